The Hall–Kier alpha value is -2.06. The molecule has 1 aromatic heterocycles. The van der Waals surface area contributed by atoms with Gasteiger partial charge in [0.05, 0.1) is 40.6 Å². The van der Waals surface area contributed by atoms with Gasteiger partial charge in [-0.25, -0.2) is 4.98 Å². The number of methoxy groups -OCH3 is 1. The number of carbonyl (C=O) groups excluding carboxylic acids is 1. The van der Waals surface area contributed by atoms with Crippen LogP contribution in [0.2, 0.25) is 10.0 Å². The Balaban J connectivity index is 1.55. The molecule has 1 saturated heterocycles. The zero-order valence-corrected chi connectivity index (χ0v) is 17.3. The highest BCUT2D eigenvalue weighted by molar-refractivity contribution is 7.22. The normalized spacial score (nSPS) is 14.3. The number of rotatable bonds is 4. The lowest BCUT2D eigenvalue weighted by molar-refractivity contribution is 0.102. The Morgan fingerprint density at radius 1 is 1.21 bits per heavy atom. The second-order valence-corrected chi connectivity index (χ2v) is 8.04. The van der Waals surface area contributed by atoms with Gasteiger partial charge in [-0.1, -0.05) is 34.5 Å². The SMILES string of the molecule is COc1c(Cl)cc(C(=O)Nc2nc3ccc(N4CCOCC4)cc3s2)cc1Cl. The van der Waals surface area contributed by atoms with Gasteiger partial charge in [-0.15, -0.1) is 0 Å². The number of nitrogens with one attached hydrogen (secondary N) is 1. The van der Waals surface area contributed by atoms with Gasteiger partial charge >= 0.3 is 0 Å². The molecule has 2 aromatic carbocycles. The van der Waals surface area contributed by atoms with E-state index in [1.54, 1.807) is 0 Å². The summed E-state index contributed by atoms with van der Waals surface area (Å²) in [6.07, 6.45) is 0. The van der Waals surface area contributed by atoms with Crippen LogP contribution in [0.5, 0.6) is 5.75 Å². The number of hydrogen-bond acceptors (Lipinski definition) is 6. The summed E-state index contributed by atoms with van der Waals surface area (Å²) >= 11 is 13.7. The predicted molar refractivity (Wildman–Crippen MR) is 114 cm³/mol. The van der Waals surface area contributed by atoms with E-state index < -0.39 is 0 Å². The Morgan fingerprint density at radius 2 is 1.93 bits per heavy atom. The van der Waals surface area contributed by atoms with Crippen LogP contribution in [0.3, 0.4) is 0 Å². The van der Waals surface area contributed by atoms with Crippen LogP contribution in [0.25, 0.3) is 10.2 Å². The van der Waals surface area contributed by atoms with E-state index in [0.717, 1.165) is 42.2 Å². The molecule has 9 heteroatoms. The molecule has 0 saturated carbocycles. The number of amides is 1. The predicted octanol–water partition coefficient (Wildman–Crippen LogP) is 4.70. The fraction of sp³-hybridized carbons (Fsp3) is 0.263. The van der Waals surface area contributed by atoms with Gasteiger partial charge in [-0.2, -0.15) is 0 Å². The van der Waals surface area contributed by atoms with Crippen LogP contribution < -0.4 is 15.0 Å². The first-order chi connectivity index (χ1) is 13.5. The van der Waals surface area contributed by atoms with Crippen LogP contribution in [0.1, 0.15) is 10.4 Å². The smallest absolute Gasteiger partial charge is 0.257 e. The van der Waals surface area contributed by atoms with Crippen molar-refractivity contribution in [1.82, 2.24) is 4.98 Å². The molecule has 2 heterocycles. The van der Waals surface area contributed by atoms with Crippen molar-refractivity contribution in [3.8, 4) is 5.75 Å². The molecule has 0 atom stereocenters. The fourth-order valence-electron chi connectivity index (χ4n) is 3.04. The zero-order chi connectivity index (χ0) is 19.7. The van der Waals surface area contributed by atoms with E-state index in [1.165, 1.54) is 30.6 Å². The Kier molecular flexibility index (Phi) is 5.59. The summed E-state index contributed by atoms with van der Waals surface area (Å²) in [4.78, 5) is 19.4. The maximum Gasteiger partial charge on any atom is 0.257 e. The van der Waals surface area contributed by atoms with E-state index in [9.17, 15) is 4.79 Å². The summed E-state index contributed by atoms with van der Waals surface area (Å²) in [5.74, 6) is 0.00873. The summed E-state index contributed by atoms with van der Waals surface area (Å²) in [6, 6.07) is 9.14. The van der Waals surface area contributed by atoms with E-state index in [2.05, 4.69) is 21.3 Å². The van der Waals surface area contributed by atoms with Crippen LogP contribution >= 0.6 is 34.5 Å². The molecule has 0 bridgehead atoms. The molecule has 1 fully saturated rings. The second-order valence-electron chi connectivity index (χ2n) is 6.20. The molecule has 0 unspecified atom stereocenters. The van der Waals surface area contributed by atoms with Crippen LogP contribution in [0.4, 0.5) is 10.8 Å². The summed E-state index contributed by atoms with van der Waals surface area (Å²) in [5.41, 5.74) is 2.30. The quantitative estimate of drug-likeness (QED) is 0.640. The monoisotopic (exact) mass is 437 g/mol. The summed E-state index contributed by atoms with van der Waals surface area (Å²) in [5, 5.41) is 3.89. The molecule has 4 rings (SSSR count). The summed E-state index contributed by atoms with van der Waals surface area (Å²) in [7, 11) is 1.47. The summed E-state index contributed by atoms with van der Waals surface area (Å²) < 4.78 is 11.5. The average molecular weight is 438 g/mol. The van der Waals surface area contributed by atoms with Crippen molar-refractivity contribution in [3.05, 3.63) is 45.9 Å². The standard InChI is InChI=1S/C19H17Cl2N3O3S/c1-26-17-13(20)8-11(9-14(17)21)18(25)23-19-22-15-3-2-12(10-16(15)28-19)24-4-6-27-7-5-24/h2-3,8-10H,4-7H2,1H3,(H,22,23,25). The molecule has 6 nitrogen and oxygen atoms in total. The van der Waals surface area contributed by atoms with Gasteiger partial charge in [0.2, 0.25) is 0 Å². The van der Waals surface area contributed by atoms with E-state index in [0.29, 0.717) is 16.4 Å². The molecule has 0 radical (unpaired) electrons. The highest BCUT2D eigenvalue weighted by atomic mass is 35.5. The number of ether oxygens (including phenoxy) is 2. The molecule has 3 aromatic rings. The number of nitrogens with zero attached hydrogens (tertiary/aromatic N) is 2. The minimum Gasteiger partial charge on any atom is -0.494 e. The van der Waals surface area contributed by atoms with Gasteiger partial charge in [0, 0.05) is 24.3 Å². The van der Waals surface area contributed by atoms with E-state index >= 15 is 0 Å². The largest absolute Gasteiger partial charge is 0.494 e. The third kappa shape index (κ3) is 3.89. The van der Waals surface area contributed by atoms with Crippen molar-refractivity contribution in [2.45, 2.75) is 0 Å². The minimum atomic E-state index is -0.334. The van der Waals surface area contributed by atoms with Crippen LogP contribution in [0.15, 0.2) is 30.3 Å². The third-order valence-corrected chi connectivity index (χ3v) is 5.93. The highest BCUT2D eigenvalue weighted by Crippen LogP contribution is 2.35. The van der Waals surface area contributed by atoms with Gasteiger partial charge in [-0.3, -0.25) is 10.1 Å². The number of fused-ring (bicyclic) bond motifs is 1. The number of benzene rings is 2. The molecular weight excluding hydrogens is 421 g/mol. The van der Waals surface area contributed by atoms with Crippen molar-refractivity contribution < 1.29 is 14.3 Å². The van der Waals surface area contributed by atoms with Crippen molar-refractivity contribution in [2.24, 2.45) is 0 Å². The first-order valence-electron chi connectivity index (χ1n) is 8.63. The van der Waals surface area contributed by atoms with Crippen molar-refractivity contribution in [3.63, 3.8) is 0 Å². The Morgan fingerprint density at radius 3 is 2.61 bits per heavy atom. The molecule has 28 heavy (non-hydrogen) atoms. The van der Waals surface area contributed by atoms with Crippen LogP contribution in [-0.2, 0) is 4.74 Å². The van der Waals surface area contributed by atoms with E-state index in [1.807, 2.05) is 12.1 Å². The molecule has 0 spiro atoms. The lowest BCUT2D eigenvalue weighted by atomic mass is 10.2. The molecule has 1 aliphatic heterocycles. The molecule has 1 amide bonds. The minimum absolute atomic E-state index is 0.277. The lowest BCUT2D eigenvalue weighted by Crippen LogP contribution is -2.36. The highest BCUT2D eigenvalue weighted by Gasteiger charge is 2.16. The first kappa shape index (κ1) is 19.3. The number of morpholine rings is 1. The molecule has 1 aliphatic rings. The Labute approximate surface area is 176 Å². The fourth-order valence-corrected chi connectivity index (χ4v) is 4.58. The maximum absolute atomic E-state index is 12.6. The zero-order valence-electron chi connectivity index (χ0n) is 15.0. The molecular formula is C19H17Cl2N3O3S. The molecule has 1 N–H and O–H groups in total. The van der Waals surface area contributed by atoms with E-state index in [4.69, 9.17) is 32.7 Å². The third-order valence-electron chi connectivity index (χ3n) is 4.43. The number of hydrogen-bond donors (Lipinski definition) is 1. The lowest BCUT2D eigenvalue weighted by Gasteiger charge is -2.28. The van der Waals surface area contributed by atoms with Crippen molar-refractivity contribution in [1.29, 1.82) is 0 Å². The van der Waals surface area contributed by atoms with Crippen molar-refractivity contribution >= 4 is 61.5 Å². The number of carbonyl (C=O) groups is 1. The van der Waals surface area contributed by atoms with Crippen LogP contribution in [-0.4, -0.2) is 44.3 Å². The number of thiazole rings is 1. The van der Waals surface area contributed by atoms with Crippen LogP contribution in [0, 0.1) is 0 Å². The number of halogens is 2. The topological polar surface area (TPSA) is 63.7 Å². The van der Waals surface area contributed by atoms with Gasteiger partial charge in [0.25, 0.3) is 5.91 Å². The van der Waals surface area contributed by atoms with Gasteiger partial charge in [0.15, 0.2) is 10.9 Å². The Bertz CT molecular complexity index is 1010. The van der Waals surface area contributed by atoms with Crippen molar-refractivity contribution in [2.75, 3.05) is 43.6 Å². The summed E-state index contributed by atoms with van der Waals surface area (Å²) in [6.45, 7) is 3.20. The van der Waals surface area contributed by atoms with Gasteiger partial charge < -0.3 is 14.4 Å². The van der Waals surface area contributed by atoms with Gasteiger partial charge in [0.1, 0.15) is 0 Å². The second kappa shape index (κ2) is 8.13. The molecule has 146 valence electrons. The molecule has 0 aliphatic carbocycles. The van der Waals surface area contributed by atoms with E-state index in [-0.39, 0.29) is 16.0 Å². The number of aromatic nitrogens is 1. The first-order valence-corrected chi connectivity index (χ1v) is 10.2. The van der Waals surface area contributed by atoms with Gasteiger partial charge in [-0.05, 0) is 30.3 Å². The average Bonchev–Trinajstić information content (AvgIpc) is 3.09. The number of anilines is 2. The maximum atomic E-state index is 12.6.